The quantitative estimate of drug-likeness (QED) is 0.387. The van der Waals surface area contributed by atoms with Crippen molar-refractivity contribution in [3.05, 3.63) is 30.3 Å². The summed E-state index contributed by atoms with van der Waals surface area (Å²) in [6.07, 6.45) is -1.55. The second-order valence-electron chi connectivity index (χ2n) is 8.54. The van der Waals surface area contributed by atoms with Crippen molar-refractivity contribution in [3.63, 3.8) is 0 Å². The van der Waals surface area contributed by atoms with Crippen molar-refractivity contribution in [1.82, 2.24) is 16.1 Å². The minimum atomic E-state index is -1.22. The van der Waals surface area contributed by atoms with Gasteiger partial charge in [0.15, 0.2) is 0 Å². The van der Waals surface area contributed by atoms with Gasteiger partial charge in [-0.3, -0.25) is 20.4 Å². The van der Waals surface area contributed by atoms with Crippen molar-refractivity contribution in [1.29, 1.82) is 0 Å². The molecule has 0 aliphatic heterocycles. The van der Waals surface area contributed by atoms with E-state index in [1.165, 1.54) is 6.92 Å². The van der Waals surface area contributed by atoms with Gasteiger partial charge in [0.1, 0.15) is 17.7 Å². The lowest BCUT2D eigenvalue weighted by atomic mass is 10.0. The van der Waals surface area contributed by atoms with E-state index in [4.69, 9.17) is 4.74 Å². The van der Waals surface area contributed by atoms with Gasteiger partial charge in [0, 0.05) is 0 Å². The van der Waals surface area contributed by atoms with Crippen LogP contribution in [0.15, 0.2) is 30.3 Å². The van der Waals surface area contributed by atoms with Crippen LogP contribution in [0.2, 0.25) is 0 Å². The molecule has 0 unspecified atom stereocenters. The predicted octanol–water partition coefficient (Wildman–Crippen LogP) is 1.93. The molecule has 0 radical (unpaired) electrons. The van der Waals surface area contributed by atoms with Crippen LogP contribution >= 0.6 is 0 Å². The number of aliphatic hydroxyl groups excluding tert-OH is 1. The highest BCUT2D eigenvalue weighted by Crippen LogP contribution is 2.10. The highest BCUT2D eigenvalue weighted by atomic mass is 16.6. The summed E-state index contributed by atoms with van der Waals surface area (Å²) in [6, 6.07) is 6.78. The van der Waals surface area contributed by atoms with Gasteiger partial charge in [0.2, 0.25) is 5.91 Å². The van der Waals surface area contributed by atoms with Crippen LogP contribution in [-0.2, 0) is 14.3 Å². The van der Waals surface area contributed by atoms with Gasteiger partial charge in [-0.25, -0.2) is 4.79 Å². The molecule has 0 spiro atoms. The van der Waals surface area contributed by atoms with E-state index in [0.29, 0.717) is 12.1 Å². The maximum atomic E-state index is 12.8. The molecule has 9 nitrogen and oxygen atoms in total. The zero-order valence-corrected chi connectivity index (χ0v) is 18.5. The molecule has 0 aromatic heterocycles. The number of nitrogens with one attached hydrogen (secondary N) is 4. The van der Waals surface area contributed by atoms with Gasteiger partial charge in [0.05, 0.1) is 11.8 Å². The largest absolute Gasteiger partial charge is 0.444 e. The summed E-state index contributed by atoms with van der Waals surface area (Å²) >= 11 is 0. The van der Waals surface area contributed by atoms with Gasteiger partial charge >= 0.3 is 6.09 Å². The maximum Gasteiger partial charge on any atom is 0.408 e. The van der Waals surface area contributed by atoms with Gasteiger partial charge in [-0.15, -0.1) is 0 Å². The molecule has 1 aromatic rings. The number of amides is 3. The Morgan fingerprint density at radius 3 is 2.10 bits per heavy atom. The Kier molecular flexibility index (Phi) is 9.58. The molecule has 0 bridgehead atoms. The summed E-state index contributed by atoms with van der Waals surface area (Å²) in [4.78, 5) is 37.4. The van der Waals surface area contributed by atoms with Crippen molar-refractivity contribution in [3.8, 4) is 0 Å². The van der Waals surface area contributed by atoms with Crippen LogP contribution in [0.5, 0.6) is 0 Å². The van der Waals surface area contributed by atoms with E-state index in [0.717, 1.165) is 0 Å². The minimum absolute atomic E-state index is 0.0919. The van der Waals surface area contributed by atoms with E-state index in [1.807, 2.05) is 19.9 Å². The van der Waals surface area contributed by atoms with Crippen LogP contribution in [0.4, 0.5) is 10.5 Å². The highest BCUT2D eigenvalue weighted by Gasteiger charge is 2.31. The van der Waals surface area contributed by atoms with E-state index in [9.17, 15) is 19.5 Å². The first-order valence-electron chi connectivity index (χ1n) is 9.98. The first-order chi connectivity index (χ1) is 13.9. The normalized spacial score (nSPS) is 14.3. The fourth-order valence-electron chi connectivity index (χ4n) is 2.54. The highest BCUT2D eigenvalue weighted by molar-refractivity contribution is 5.92. The first-order valence-corrected chi connectivity index (χ1v) is 9.98. The van der Waals surface area contributed by atoms with Gasteiger partial charge < -0.3 is 20.5 Å². The molecular weight excluding hydrogens is 388 g/mol. The zero-order valence-electron chi connectivity index (χ0n) is 18.5. The van der Waals surface area contributed by atoms with E-state index in [2.05, 4.69) is 21.5 Å². The predicted molar refractivity (Wildman–Crippen MR) is 114 cm³/mol. The molecule has 5 N–H and O–H groups in total. The fraction of sp³-hybridized carbons (Fsp3) is 0.571. The standard InChI is InChI=1S/C21H34N4O5/c1-13(2)12-16(22-20(29)30-21(4,5)6)18(27)23-17(14(3)26)19(28)25-24-15-10-8-7-9-11-15/h7-11,13-14,16-17,24,26H,12H2,1-6H3,(H,22,29)(H,23,27)(H,25,28)/t14-,16+,17+/m1/s1. The Balaban J connectivity index is 2.80. The second-order valence-corrected chi connectivity index (χ2v) is 8.54. The summed E-state index contributed by atoms with van der Waals surface area (Å²) in [7, 11) is 0. The smallest absolute Gasteiger partial charge is 0.408 e. The Bertz CT molecular complexity index is 701. The SMILES string of the molecule is CC(C)C[C@H](NC(=O)OC(C)(C)C)C(=O)N[C@H](C(=O)NNc1ccccc1)[C@@H](C)O. The van der Waals surface area contributed by atoms with E-state index >= 15 is 0 Å². The topological polar surface area (TPSA) is 129 Å². The van der Waals surface area contributed by atoms with Gasteiger partial charge in [-0.05, 0) is 52.2 Å². The molecule has 0 aliphatic rings. The summed E-state index contributed by atoms with van der Waals surface area (Å²) in [5.74, 6) is -1.12. The Morgan fingerprint density at radius 2 is 1.60 bits per heavy atom. The van der Waals surface area contributed by atoms with Crippen molar-refractivity contribution in [2.75, 3.05) is 5.43 Å². The van der Waals surface area contributed by atoms with Crippen LogP contribution < -0.4 is 21.5 Å². The Morgan fingerprint density at radius 1 is 1.00 bits per heavy atom. The Labute approximate surface area is 177 Å². The van der Waals surface area contributed by atoms with Crippen LogP contribution in [0.1, 0.15) is 48.0 Å². The van der Waals surface area contributed by atoms with Crippen LogP contribution in [0, 0.1) is 5.92 Å². The van der Waals surface area contributed by atoms with Crippen LogP contribution in [0.25, 0.3) is 0 Å². The number of alkyl carbamates (subject to hydrolysis) is 1. The molecule has 0 fully saturated rings. The molecule has 0 saturated carbocycles. The second kappa shape index (κ2) is 11.4. The minimum Gasteiger partial charge on any atom is -0.444 e. The molecule has 3 atom stereocenters. The number of hydrogen-bond acceptors (Lipinski definition) is 6. The molecule has 3 amide bonds. The fourth-order valence-corrected chi connectivity index (χ4v) is 2.54. The summed E-state index contributed by atoms with van der Waals surface area (Å²) in [6.45, 7) is 10.4. The number of carbonyl (C=O) groups is 3. The van der Waals surface area contributed by atoms with Gasteiger partial charge in [-0.1, -0.05) is 32.0 Å². The molecule has 0 aliphatic carbocycles. The molecule has 0 saturated heterocycles. The van der Waals surface area contributed by atoms with E-state index < -0.39 is 41.7 Å². The van der Waals surface area contributed by atoms with Crippen LogP contribution in [-0.4, -0.2) is 46.8 Å². The number of ether oxygens (including phenoxy) is 1. The van der Waals surface area contributed by atoms with Crippen molar-refractivity contribution in [2.45, 2.75) is 71.8 Å². The zero-order chi connectivity index (χ0) is 22.9. The molecule has 1 rings (SSSR count). The number of para-hydroxylation sites is 1. The molecule has 1 aromatic carbocycles. The summed E-state index contributed by atoms with van der Waals surface area (Å²) in [5.41, 5.74) is 5.11. The first kappa shape index (κ1) is 25.2. The Hall–Kier alpha value is -2.81. The lowest BCUT2D eigenvalue weighted by Crippen LogP contribution is -2.58. The van der Waals surface area contributed by atoms with Gasteiger partial charge in [-0.2, -0.15) is 0 Å². The monoisotopic (exact) mass is 422 g/mol. The third kappa shape index (κ3) is 9.60. The summed E-state index contributed by atoms with van der Waals surface area (Å²) < 4.78 is 5.22. The number of benzene rings is 1. The molecule has 0 heterocycles. The third-order valence-electron chi connectivity index (χ3n) is 3.88. The van der Waals surface area contributed by atoms with Crippen molar-refractivity contribution >= 4 is 23.6 Å². The number of rotatable bonds is 9. The third-order valence-corrected chi connectivity index (χ3v) is 3.88. The number of hydrogen-bond donors (Lipinski definition) is 5. The van der Waals surface area contributed by atoms with Crippen LogP contribution in [0.3, 0.4) is 0 Å². The number of aliphatic hydroxyl groups is 1. The average molecular weight is 423 g/mol. The average Bonchev–Trinajstić information content (AvgIpc) is 2.62. The van der Waals surface area contributed by atoms with Crippen molar-refractivity contribution < 1.29 is 24.2 Å². The molecule has 30 heavy (non-hydrogen) atoms. The maximum absolute atomic E-state index is 12.8. The molecule has 9 heteroatoms. The lowest BCUT2D eigenvalue weighted by molar-refractivity contribution is -0.132. The van der Waals surface area contributed by atoms with E-state index in [1.54, 1.807) is 45.0 Å². The number of carbonyl (C=O) groups excluding carboxylic acids is 3. The lowest BCUT2D eigenvalue weighted by Gasteiger charge is -2.27. The van der Waals surface area contributed by atoms with Gasteiger partial charge in [0.25, 0.3) is 5.91 Å². The molecular formula is C21H34N4O5. The van der Waals surface area contributed by atoms with Crippen molar-refractivity contribution in [2.24, 2.45) is 5.92 Å². The summed E-state index contributed by atoms with van der Waals surface area (Å²) in [5, 5.41) is 15.1. The van der Waals surface area contributed by atoms with E-state index in [-0.39, 0.29) is 5.92 Å². The molecule has 168 valence electrons. The number of anilines is 1. The number of hydrazine groups is 1.